The highest BCUT2D eigenvalue weighted by Crippen LogP contribution is 2.44. The summed E-state index contributed by atoms with van der Waals surface area (Å²) in [6.07, 6.45) is 0.959. The largest absolute Gasteiger partial charge is 0.465 e. The van der Waals surface area contributed by atoms with Gasteiger partial charge in [-0.1, -0.05) is 30.3 Å². The van der Waals surface area contributed by atoms with E-state index in [0.29, 0.717) is 19.4 Å². The monoisotopic (exact) mass is 449 g/mol. The molecule has 3 rings (SSSR count). The van der Waals surface area contributed by atoms with Crippen LogP contribution in [0.3, 0.4) is 0 Å². The third-order valence-electron chi connectivity index (χ3n) is 6.12. The van der Waals surface area contributed by atoms with Crippen LogP contribution in [0.1, 0.15) is 59.1 Å². The number of carbonyl (C=O) groups is 2. The molecule has 32 heavy (non-hydrogen) atoms. The van der Waals surface area contributed by atoms with Crippen molar-refractivity contribution in [3.63, 3.8) is 0 Å². The molecule has 2 aliphatic rings. The van der Waals surface area contributed by atoms with Crippen molar-refractivity contribution in [1.29, 1.82) is 0 Å². The number of carbonyl (C=O) groups excluding carboxylic acids is 2. The van der Waals surface area contributed by atoms with E-state index in [-0.39, 0.29) is 32.5 Å². The van der Waals surface area contributed by atoms with Crippen LogP contribution in [0.4, 0.5) is 0 Å². The number of esters is 2. The van der Waals surface area contributed by atoms with Gasteiger partial charge < -0.3 is 18.9 Å². The number of rotatable bonds is 7. The molecule has 0 radical (unpaired) electrons. The minimum absolute atomic E-state index is 0.0991. The summed E-state index contributed by atoms with van der Waals surface area (Å²) in [5, 5.41) is 1.97. The Morgan fingerprint density at radius 2 is 1.59 bits per heavy atom. The lowest BCUT2D eigenvalue weighted by atomic mass is 9.84. The van der Waals surface area contributed by atoms with E-state index < -0.39 is 28.7 Å². The highest BCUT2D eigenvalue weighted by molar-refractivity contribution is 6.00. The molecular formula is C24H35NO7. The molecule has 2 fully saturated rings. The van der Waals surface area contributed by atoms with Crippen LogP contribution in [0.15, 0.2) is 30.3 Å². The maximum absolute atomic E-state index is 12.6. The lowest BCUT2D eigenvalue weighted by Gasteiger charge is -2.53. The van der Waals surface area contributed by atoms with Crippen LogP contribution in [-0.2, 0) is 33.4 Å². The fraction of sp³-hybridized carbons (Fsp3) is 0.667. The number of hydrogen-bond donors (Lipinski definition) is 0. The first-order valence-electron chi connectivity index (χ1n) is 11.3. The smallest absolute Gasteiger partial charge is 0.328 e. The Balaban J connectivity index is 1.68. The highest BCUT2D eigenvalue weighted by atomic mass is 16.7. The maximum Gasteiger partial charge on any atom is 0.328 e. The summed E-state index contributed by atoms with van der Waals surface area (Å²) >= 11 is 0. The van der Waals surface area contributed by atoms with Gasteiger partial charge in [-0.15, -0.1) is 0 Å². The second-order valence-electron chi connectivity index (χ2n) is 9.01. The van der Waals surface area contributed by atoms with Gasteiger partial charge in [0.25, 0.3) is 0 Å². The van der Waals surface area contributed by atoms with E-state index in [1.54, 1.807) is 13.8 Å². The number of nitrogens with zero attached hydrogens (tertiary/aromatic N) is 1. The van der Waals surface area contributed by atoms with Gasteiger partial charge in [-0.2, -0.15) is 5.06 Å². The molecule has 1 aromatic rings. The molecule has 0 saturated carbocycles. The summed E-state index contributed by atoms with van der Waals surface area (Å²) in [7, 11) is 0. The van der Waals surface area contributed by atoms with Gasteiger partial charge in [0.15, 0.2) is 5.79 Å². The summed E-state index contributed by atoms with van der Waals surface area (Å²) in [5.41, 5.74) is -0.895. The predicted octanol–water partition coefficient (Wildman–Crippen LogP) is 3.41. The SMILES string of the molecule is CCOC(=O)C1(C(=O)OCC)COC2(CCN(OC(C)c3ccccc3)C(C)(C)C2)OC1. The molecule has 0 aromatic heterocycles. The van der Waals surface area contributed by atoms with E-state index in [1.807, 2.05) is 42.3 Å². The summed E-state index contributed by atoms with van der Waals surface area (Å²) in [6, 6.07) is 10.1. The van der Waals surface area contributed by atoms with Gasteiger partial charge in [0.2, 0.25) is 5.41 Å². The number of hydrogen-bond acceptors (Lipinski definition) is 8. The number of ether oxygens (including phenoxy) is 4. The molecule has 0 amide bonds. The lowest BCUT2D eigenvalue weighted by Crippen LogP contribution is -2.64. The Labute approximate surface area is 190 Å². The number of piperidine rings is 1. The normalized spacial score (nSPS) is 22.8. The average molecular weight is 450 g/mol. The maximum atomic E-state index is 12.6. The molecule has 8 heteroatoms. The molecule has 0 N–H and O–H groups in total. The molecule has 8 nitrogen and oxygen atoms in total. The van der Waals surface area contributed by atoms with Gasteiger partial charge in [-0.25, -0.2) is 0 Å². The van der Waals surface area contributed by atoms with Crippen molar-refractivity contribution in [3.8, 4) is 0 Å². The third kappa shape index (κ3) is 4.98. The van der Waals surface area contributed by atoms with E-state index in [4.69, 9.17) is 23.8 Å². The van der Waals surface area contributed by atoms with Crippen LogP contribution in [0.25, 0.3) is 0 Å². The van der Waals surface area contributed by atoms with Gasteiger partial charge in [-0.3, -0.25) is 14.4 Å². The first kappa shape index (κ1) is 24.6. The molecule has 2 heterocycles. The fourth-order valence-electron chi connectivity index (χ4n) is 4.28. The first-order valence-corrected chi connectivity index (χ1v) is 11.3. The van der Waals surface area contributed by atoms with Crippen molar-refractivity contribution >= 4 is 11.9 Å². The van der Waals surface area contributed by atoms with Crippen molar-refractivity contribution in [2.45, 2.75) is 64.9 Å². The number of hydroxylamine groups is 2. The van der Waals surface area contributed by atoms with Gasteiger partial charge in [0.1, 0.15) is 6.10 Å². The van der Waals surface area contributed by atoms with Crippen molar-refractivity contribution in [2.24, 2.45) is 5.41 Å². The van der Waals surface area contributed by atoms with Crippen molar-refractivity contribution in [3.05, 3.63) is 35.9 Å². The molecule has 178 valence electrons. The summed E-state index contributed by atoms with van der Waals surface area (Å²) in [4.78, 5) is 31.5. The minimum atomic E-state index is -1.60. The van der Waals surface area contributed by atoms with Gasteiger partial charge in [-0.05, 0) is 40.2 Å². The zero-order valence-electron chi connectivity index (χ0n) is 19.7. The van der Waals surface area contributed by atoms with Crippen LogP contribution in [0.5, 0.6) is 0 Å². The van der Waals surface area contributed by atoms with Crippen molar-refractivity contribution in [2.75, 3.05) is 33.0 Å². The highest BCUT2D eigenvalue weighted by Gasteiger charge is 2.58. The van der Waals surface area contributed by atoms with E-state index in [0.717, 1.165) is 5.56 Å². The Bertz CT molecular complexity index is 767. The fourth-order valence-corrected chi connectivity index (χ4v) is 4.28. The Morgan fingerprint density at radius 3 is 2.09 bits per heavy atom. The molecule has 2 saturated heterocycles. The Hall–Kier alpha value is -2.00. The molecule has 1 spiro atoms. The summed E-state index contributed by atoms with van der Waals surface area (Å²) < 4.78 is 22.5. The molecule has 2 aliphatic heterocycles. The van der Waals surface area contributed by atoms with Crippen LogP contribution in [0.2, 0.25) is 0 Å². The van der Waals surface area contributed by atoms with E-state index in [9.17, 15) is 9.59 Å². The van der Waals surface area contributed by atoms with E-state index >= 15 is 0 Å². The van der Waals surface area contributed by atoms with Crippen LogP contribution >= 0.6 is 0 Å². The molecule has 1 aromatic carbocycles. The topological polar surface area (TPSA) is 83.5 Å². The van der Waals surface area contributed by atoms with Gasteiger partial charge >= 0.3 is 11.9 Å². The zero-order valence-corrected chi connectivity index (χ0v) is 19.7. The van der Waals surface area contributed by atoms with E-state index in [2.05, 4.69) is 13.8 Å². The second kappa shape index (κ2) is 9.87. The quantitative estimate of drug-likeness (QED) is 0.463. The Kier molecular flexibility index (Phi) is 7.60. The van der Waals surface area contributed by atoms with Crippen molar-refractivity contribution < 1.29 is 33.4 Å². The van der Waals surface area contributed by atoms with Crippen LogP contribution < -0.4 is 0 Å². The third-order valence-corrected chi connectivity index (χ3v) is 6.12. The molecule has 1 unspecified atom stereocenters. The minimum Gasteiger partial charge on any atom is -0.465 e. The number of benzene rings is 1. The Morgan fingerprint density at radius 1 is 1.03 bits per heavy atom. The summed E-state index contributed by atoms with van der Waals surface area (Å²) in [6.45, 7) is 10.2. The van der Waals surface area contributed by atoms with Gasteiger partial charge in [0, 0.05) is 24.9 Å². The second-order valence-corrected chi connectivity index (χ2v) is 9.01. The van der Waals surface area contributed by atoms with Crippen LogP contribution in [-0.4, -0.2) is 61.3 Å². The predicted molar refractivity (Wildman–Crippen MR) is 116 cm³/mol. The summed E-state index contributed by atoms with van der Waals surface area (Å²) in [5.74, 6) is -2.25. The van der Waals surface area contributed by atoms with Gasteiger partial charge in [0.05, 0.1) is 26.4 Å². The molecule has 0 bridgehead atoms. The van der Waals surface area contributed by atoms with Crippen molar-refractivity contribution in [1.82, 2.24) is 5.06 Å². The lowest BCUT2D eigenvalue weighted by molar-refractivity contribution is -0.356. The molecule has 1 atom stereocenters. The average Bonchev–Trinajstić information content (AvgIpc) is 2.77. The van der Waals surface area contributed by atoms with Crippen LogP contribution in [0, 0.1) is 5.41 Å². The van der Waals surface area contributed by atoms with E-state index in [1.165, 1.54) is 0 Å². The first-order chi connectivity index (χ1) is 15.2. The zero-order chi connectivity index (χ0) is 23.4. The standard InChI is InChI=1S/C24H35NO7/c1-6-28-20(26)23(21(27)29-7-2)16-30-24(31-17-23)13-14-25(22(4,5)15-24)32-18(3)19-11-9-8-10-12-19/h8-12,18H,6-7,13-17H2,1-5H3. The molecular weight excluding hydrogens is 414 g/mol. The molecule has 0 aliphatic carbocycles.